The fraction of sp³-hybridized carbons (Fsp3) is 0.529. The lowest BCUT2D eigenvalue weighted by Crippen LogP contribution is -2.61. The highest BCUT2D eigenvalue weighted by molar-refractivity contribution is 5.94. The Labute approximate surface area is 125 Å². The highest BCUT2D eigenvalue weighted by Gasteiger charge is 2.44. The average Bonchev–Trinajstić information content (AvgIpc) is 2.53. The van der Waals surface area contributed by atoms with E-state index in [9.17, 15) is 9.59 Å². The van der Waals surface area contributed by atoms with Gasteiger partial charge in [0.05, 0.1) is 5.54 Å². The van der Waals surface area contributed by atoms with Crippen molar-refractivity contribution < 1.29 is 9.59 Å². The van der Waals surface area contributed by atoms with Crippen molar-refractivity contribution in [2.45, 2.75) is 37.6 Å². The molecule has 0 aromatic heterocycles. The maximum atomic E-state index is 12.6. The summed E-state index contributed by atoms with van der Waals surface area (Å²) in [5.74, 6) is 0.302. The normalized spacial score (nSPS) is 26.2. The molecule has 1 spiro atoms. The number of likely N-dealkylation sites (tertiary alicyclic amines) is 2. The number of hydrogen-bond donors (Lipinski definition) is 0. The second-order valence-electron chi connectivity index (χ2n) is 6.23. The molecule has 2 fully saturated rings. The lowest BCUT2D eigenvalue weighted by Gasteiger charge is -2.50. The molecule has 2 saturated heterocycles. The van der Waals surface area contributed by atoms with Gasteiger partial charge >= 0.3 is 0 Å². The number of hydrogen-bond acceptors (Lipinski definition) is 2. The van der Waals surface area contributed by atoms with Crippen LogP contribution in [0.5, 0.6) is 0 Å². The molecule has 0 unspecified atom stereocenters. The molecule has 0 saturated carbocycles. The molecule has 2 aliphatic rings. The SMILES string of the molecule is CN1C(=O)CCC[C@@]12CCCN(C(=O)c1ccccc1)C2. The Morgan fingerprint density at radius 3 is 2.62 bits per heavy atom. The van der Waals surface area contributed by atoms with Gasteiger partial charge in [-0.2, -0.15) is 0 Å². The highest BCUT2D eigenvalue weighted by atomic mass is 16.2. The first-order valence-corrected chi connectivity index (χ1v) is 7.73. The Balaban J connectivity index is 1.80. The molecular formula is C17H22N2O2. The number of benzene rings is 1. The van der Waals surface area contributed by atoms with E-state index in [1.165, 1.54) is 0 Å². The Bertz CT molecular complexity index is 539. The number of nitrogens with zero attached hydrogens (tertiary/aromatic N) is 2. The number of carbonyl (C=O) groups is 2. The minimum absolute atomic E-state index is 0.0843. The molecule has 3 rings (SSSR count). The number of piperidine rings is 2. The quantitative estimate of drug-likeness (QED) is 0.795. The first-order valence-electron chi connectivity index (χ1n) is 7.73. The van der Waals surface area contributed by atoms with E-state index in [1.807, 2.05) is 47.2 Å². The highest BCUT2D eigenvalue weighted by Crippen LogP contribution is 2.36. The maximum Gasteiger partial charge on any atom is 0.253 e. The molecule has 0 bridgehead atoms. The maximum absolute atomic E-state index is 12.6. The van der Waals surface area contributed by atoms with Gasteiger partial charge in [-0.25, -0.2) is 0 Å². The van der Waals surface area contributed by atoms with Gasteiger partial charge in [0.1, 0.15) is 0 Å². The molecule has 2 aliphatic heterocycles. The van der Waals surface area contributed by atoms with Crippen LogP contribution in [0.2, 0.25) is 0 Å². The molecule has 112 valence electrons. The van der Waals surface area contributed by atoms with Crippen LogP contribution in [-0.4, -0.2) is 47.3 Å². The summed E-state index contributed by atoms with van der Waals surface area (Å²) in [6.07, 6.45) is 4.57. The first-order chi connectivity index (χ1) is 10.1. The summed E-state index contributed by atoms with van der Waals surface area (Å²) >= 11 is 0. The number of amides is 2. The van der Waals surface area contributed by atoms with Crippen LogP contribution in [0.1, 0.15) is 42.5 Å². The van der Waals surface area contributed by atoms with Crippen molar-refractivity contribution in [3.8, 4) is 0 Å². The van der Waals surface area contributed by atoms with Gasteiger partial charge in [-0.05, 0) is 37.8 Å². The zero-order valence-corrected chi connectivity index (χ0v) is 12.5. The average molecular weight is 286 g/mol. The monoisotopic (exact) mass is 286 g/mol. The molecule has 1 atom stereocenters. The van der Waals surface area contributed by atoms with Gasteiger partial charge in [0.15, 0.2) is 0 Å². The molecule has 2 amide bonds. The van der Waals surface area contributed by atoms with E-state index < -0.39 is 0 Å². The molecular weight excluding hydrogens is 264 g/mol. The van der Waals surface area contributed by atoms with Crippen LogP contribution >= 0.6 is 0 Å². The van der Waals surface area contributed by atoms with E-state index in [1.54, 1.807) is 0 Å². The number of carbonyl (C=O) groups excluding carboxylic acids is 2. The van der Waals surface area contributed by atoms with Crippen molar-refractivity contribution in [1.29, 1.82) is 0 Å². The fourth-order valence-electron chi connectivity index (χ4n) is 3.70. The molecule has 1 aromatic carbocycles. The van der Waals surface area contributed by atoms with E-state index in [0.717, 1.165) is 37.8 Å². The summed E-state index contributed by atoms with van der Waals surface area (Å²) in [6.45, 7) is 1.46. The van der Waals surface area contributed by atoms with Crippen LogP contribution < -0.4 is 0 Å². The van der Waals surface area contributed by atoms with Gasteiger partial charge in [0, 0.05) is 32.1 Å². The van der Waals surface area contributed by atoms with Crippen molar-refractivity contribution in [2.75, 3.05) is 20.1 Å². The van der Waals surface area contributed by atoms with Crippen molar-refractivity contribution >= 4 is 11.8 Å². The Morgan fingerprint density at radius 2 is 1.86 bits per heavy atom. The Morgan fingerprint density at radius 1 is 1.14 bits per heavy atom. The summed E-state index contributed by atoms with van der Waals surface area (Å²) in [4.78, 5) is 28.5. The first kappa shape index (κ1) is 14.1. The topological polar surface area (TPSA) is 40.6 Å². The third kappa shape index (κ3) is 2.55. The van der Waals surface area contributed by atoms with Crippen LogP contribution in [-0.2, 0) is 4.79 Å². The van der Waals surface area contributed by atoms with E-state index in [-0.39, 0.29) is 17.4 Å². The van der Waals surface area contributed by atoms with Crippen LogP contribution in [0.25, 0.3) is 0 Å². The smallest absolute Gasteiger partial charge is 0.253 e. The van der Waals surface area contributed by atoms with Gasteiger partial charge in [-0.3, -0.25) is 9.59 Å². The standard InChI is InChI=1S/C17H22N2O2/c1-18-15(20)9-5-10-17(18)11-6-12-19(13-17)16(21)14-7-3-2-4-8-14/h2-4,7-8H,5-6,9-13H2,1H3/t17-/m0/s1. The fourth-order valence-corrected chi connectivity index (χ4v) is 3.70. The predicted octanol–water partition coefficient (Wildman–Crippen LogP) is 2.30. The summed E-state index contributed by atoms with van der Waals surface area (Å²) in [6, 6.07) is 9.42. The van der Waals surface area contributed by atoms with Gasteiger partial charge < -0.3 is 9.80 Å². The van der Waals surface area contributed by atoms with Gasteiger partial charge in [-0.15, -0.1) is 0 Å². The minimum Gasteiger partial charge on any atom is -0.338 e. The van der Waals surface area contributed by atoms with Crippen molar-refractivity contribution in [1.82, 2.24) is 9.80 Å². The van der Waals surface area contributed by atoms with E-state index in [0.29, 0.717) is 13.0 Å². The summed E-state index contributed by atoms with van der Waals surface area (Å²) in [5.41, 5.74) is 0.595. The summed E-state index contributed by atoms with van der Waals surface area (Å²) in [7, 11) is 1.90. The van der Waals surface area contributed by atoms with Crippen LogP contribution in [0.3, 0.4) is 0 Å². The van der Waals surface area contributed by atoms with Crippen molar-refractivity contribution in [2.24, 2.45) is 0 Å². The van der Waals surface area contributed by atoms with Gasteiger partial charge in [0.25, 0.3) is 5.91 Å². The molecule has 4 heteroatoms. The van der Waals surface area contributed by atoms with E-state index in [4.69, 9.17) is 0 Å². The lowest BCUT2D eigenvalue weighted by atomic mass is 9.80. The Hall–Kier alpha value is -1.84. The van der Waals surface area contributed by atoms with Crippen molar-refractivity contribution in [3.05, 3.63) is 35.9 Å². The largest absolute Gasteiger partial charge is 0.338 e. The number of rotatable bonds is 1. The summed E-state index contributed by atoms with van der Waals surface area (Å²) < 4.78 is 0. The second-order valence-corrected chi connectivity index (χ2v) is 6.23. The molecule has 1 aromatic rings. The zero-order valence-electron chi connectivity index (χ0n) is 12.5. The third-order valence-corrected chi connectivity index (χ3v) is 4.98. The van der Waals surface area contributed by atoms with Crippen LogP contribution in [0.4, 0.5) is 0 Å². The molecule has 0 aliphatic carbocycles. The molecule has 0 radical (unpaired) electrons. The van der Waals surface area contributed by atoms with Crippen LogP contribution in [0.15, 0.2) is 30.3 Å². The molecule has 2 heterocycles. The second kappa shape index (κ2) is 5.51. The van der Waals surface area contributed by atoms with Gasteiger partial charge in [0.2, 0.25) is 5.91 Å². The summed E-state index contributed by atoms with van der Waals surface area (Å²) in [5, 5.41) is 0. The Kier molecular flexibility index (Phi) is 3.70. The molecule has 0 N–H and O–H groups in total. The molecule has 21 heavy (non-hydrogen) atoms. The van der Waals surface area contributed by atoms with E-state index in [2.05, 4.69) is 0 Å². The predicted molar refractivity (Wildman–Crippen MR) is 80.9 cm³/mol. The van der Waals surface area contributed by atoms with Crippen molar-refractivity contribution in [3.63, 3.8) is 0 Å². The molecule has 4 nitrogen and oxygen atoms in total. The number of likely N-dealkylation sites (N-methyl/N-ethyl adjacent to an activating group) is 1. The third-order valence-electron chi connectivity index (χ3n) is 4.98. The minimum atomic E-state index is -0.141. The van der Waals surface area contributed by atoms with Crippen LogP contribution in [0, 0.1) is 0 Å². The lowest BCUT2D eigenvalue weighted by molar-refractivity contribution is -0.142. The van der Waals surface area contributed by atoms with Gasteiger partial charge in [-0.1, -0.05) is 18.2 Å². The zero-order chi connectivity index (χ0) is 14.9. The van der Waals surface area contributed by atoms with E-state index >= 15 is 0 Å².